The first-order chi connectivity index (χ1) is 25.1. The van der Waals surface area contributed by atoms with Crippen molar-refractivity contribution in [3.63, 3.8) is 0 Å². The number of piperidine rings is 1. The third-order valence-corrected chi connectivity index (χ3v) is 15.8. The van der Waals surface area contributed by atoms with Crippen LogP contribution >= 0.6 is 0 Å². The van der Waals surface area contributed by atoms with Crippen LogP contribution in [0.1, 0.15) is 126 Å². The average molecular weight is 705 g/mol. The molecule has 2 amide bonds. The van der Waals surface area contributed by atoms with Gasteiger partial charge in [0.15, 0.2) is 0 Å². The van der Waals surface area contributed by atoms with Crippen LogP contribution in [-0.2, 0) is 25.8 Å². The number of nitrogens with one attached hydrogen (secondary N) is 2. The molecule has 0 radical (unpaired) electrons. The second-order valence-corrected chi connectivity index (χ2v) is 19.8. The second-order valence-electron chi connectivity index (χ2n) is 19.8. The predicted molar refractivity (Wildman–Crippen MR) is 208 cm³/mol. The minimum Gasteiger partial charge on any atom is -0.352 e. The molecule has 2 heterocycles. The molecule has 2 aliphatic heterocycles. The quantitative estimate of drug-likeness (QED) is 0.284. The van der Waals surface area contributed by atoms with Crippen LogP contribution in [0, 0.1) is 23.2 Å². The van der Waals surface area contributed by atoms with Crippen LogP contribution < -0.4 is 10.6 Å². The van der Waals surface area contributed by atoms with Gasteiger partial charge in [-0.1, -0.05) is 67.4 Å². The highest BCUT2D eigenvalue weighted by Gasteiger charge is 2.66. The number of fused-ring (bicyclic) bond motifs is 2. The van der Waals surface area contributed by atoms with Crippen molar-refractivity contribution in [1.29, 1.82) is 0 Å². The Hall–Kier alpha value is -2.70. The molecule has 6 bridgehead atoms. The molecular formula is C46H64N4O2. The fourth-order valence-corrected chi connectivity index (χ4v) is 14.2. The van der Waals surface area contributed by atoms with Crippen molar-refractivity contribution in [1.82, 2.24) is 20.4 Å². The van der Waals surface area contributed by atoms with Gasteiger partial charge in [0.1, 0.15) is 0 Å². The summed E-state index contributed by atoms with van der Waals surface area (Å²) in [5.41, 5.74) is 4.54. The SMILES string of the molecule is CN1CC[C@@H](NC(=O)CCC2CC3CCCC(c4ccc(C56CC7CC(C(=O)N[C@@H]8CCCN(C)C8)(CC(c8ccccc8)(C7)C5)C6)cc4)(C3)C2)C1. The van der Waals surface area contributed by atoms with Crippen molar-refractivity contribution in [3.05, 3.63) is 71.3 Å². The van der Waals surface area contributed by atoms with Gasteiger partial charge in [-0.15, -0.1) is 0 Å². The molecule has 8 fully saturated rings. The number of carbonyl (C=O) groups excluding carboxylic acids is 2. The molecule has 8 aliphatic rings. The number of benzene rings is 2. The first kappa shape index (κ1) is 35.0. The van der Waals surface area contributed by atoms with Crippen LogP contribution in [0.25, 0.3) is 0 Å². The minimum absolute atomic E-state index is 0.0395. The molecule has 52 heavy (non-hydrogen) atoms. The maximum Gasteiger partial charge on any atom is 0.226 e. The van der Waals surface area contributed by atoms with Gasteiger partial charge in [-0.25, -0.2) is 0 Å². The van der Waals surface area contributed by atoms with E-state index in [1.165, 1.54) is 62.5 Å². The molecule has 6 aliphatic carbocycles. The smallest absolute Gasteiger partial charge is 0.226 e. The Kier molecular flexibility index (Phi) is 9.13. The monoisotopic (exact) mass is 705 g/mol. The molecule has 10 rings (SSSR count). The van der Waals surface area contributed by atoms with E-state index < -0.39 is 0 Å². The number of likely N-dealkylation sites (tertiary alicyclic amines) is 2. The lowest BCUT2D eigenvalue weighted by molar-refractivity contribution is -0.153. The molecule has 0 spiro atoms. The van der Waals surface area contributed by atoms with E-state index in [1.807, 2.05) is 0 Å². The highest BCUT2D eigenvalue weighted by atomic mass is 16.2. The Labute approximate surface area is 313 Å². The standard InChI is InChI=1S/C46H64N4O2/c1-49-20-7-11-39(28-49)48-42(52)46-27-35-25-44(31-46,36-9-4-3-5-10-36)30-45(26-35,32-46)38-15-13-37(14-16-38)43-19-6-8-33(23-43)22-34(24-43)12-17-41(51)47-40-18-21-50(2)29-40/h3-5,9-10,13-16,33-35,39-40H,6-8,11-12,17-32H2,1-2H3,(H,47,51)(H,48,52)/t33?,34?,35?,39-,40-,43?,44?,45?,46?/m1/s1. The summed E-state index contributed by atoms with van der Waals surface area (Å²) >= 11 is 0. The Balaban J connectivity index is 0.962. The molecule has 2 saturated heterocycles. The molecule has 2 N–H and O–H groups in total. The topological polar surface area (TPSA) is 64.7 Å². The van der Waals surface area contributed by atoms with E-state index >= 15 is 0 Å². The Morgan fingerprint density at radius 3 is 2.02 bits per heavy atom. The zero-order valence-electron chi connectivity index (χ0n) is 32.1. The van der Waals surface area contributed by atoms with Gasteiger partial charge in [-0.05, 0) is 168 Å². The zero-order valence-corrected chi connectivity index (χ0v) is 32.1. The predicted octanol–water partition coefficient (Wildman–Crippen LogP) is 7.50. The van der Waals surface area contributed by atoms with Gasteiger partial charge in [-0.3, -0.25) is 9.59 Å². The van der Waals surface area contributed by atoms with Gasteiger partial charge in [0.2, 0.25) is 11.8 Å². The summed E-state index contributed by atoms with van der Waals surface area (Å²) in [5, 5.41) is 6.99. The molecule has 6 nitrogen and oxygen atoms in total. The van der Waals surface area contributed by atoms with Crippen molar-refractivity contribution < 1.29 is 9.59 Å². The van der Waals surface area contributed by atoms with Gasteiger partial charge < -0.3 is 20.4 Å². The lowest BCUT2D eigenvalue weighted by Gasteiger charge is -2.66. The summed E-state index contributed by atoms with van der Waals surface area (Å²) in [6.45, 7) is 4.17. The molecule has 2 aromatic rings. The van der Waals surface area contributed by atoms with Crippen LogP contribution in [0.3, 0.4) is 0 Å². The molecule has 6 saturated carbocycles. The van der Waals surface area contributed by atoms with Gasteiger partial charge in [0.25, 0.3) is 0 Å². The molecule has 6 heteroatoms. The van der Waals surface area contributed by atoms with E-state index in [4.69, 9.17) is 0 Å². The first-order valence-electron chi connectivity index (χ1n) is 21.3. The minimum atomic E-state index is -0.296. The Morgan fingerprint density at radius 2 is 1.33 bits per heavy atom. The van der Waals surface area contributed by atoms with Gasteiger partial charge in [0.05, 0.1) is 5.41 Å². The van der Waals surface area contributed by atoms with Crippen LogP contribution in [-0.4, -0.2) is 74.0 Å². The highest BCUT2D eigenvalue weighted by Crippen LogP contribution is 2.70. The number of hydrogen-bond donors (Lipinski definition) is 2. The normalized spacial score (nSPS) is 40.1. The van der Waals surface area contributed by atoms with Gasteiger partial charge in [0, 0.05) is 31.6 Å². The molecule has 2 aromatic carbocycles. The maximum atomic E-state index is 14.7. The van der Waals surface area contributed by atoms with Crippen molar-refractivity contribution in [2.24, 2.45) is 23.2 Å². The van der Waals surface area contributed by atoms with E-state index in [-0.39, 0.29) is 33.6 Å². The number of carbonyl (C=O) groups is 2. The summed E-state index contributed by atoms with van der Waals surface area (Å²) in [7, 11) is 4.35. The second kappa shape index (κ2) is 13.6. The molecule has 9 atom stereocenters. The van der Waals surface area contributed by atoms with Crippen LogP contribution in [0.5, 0.6) is 0 Å². The van der Waals surface area contributed by atoms with E-state index in [2.05, 4.69) is 89.1 Å². The van der Waals surface area contributed by atoms with Crippen molar-refractivity contribution in [2.45, 2.75) is 137 Å². The van der Waals surface area contributed by atoms with Crippen molar-refractivity contribution in [3.8, 4) is 0 Å². The third-order valence-electron chi connectivity index (χ3n) is 15.8. The number of amides is 2. The number of rotatable bonds is 9. The summed E-state index contributed by atoms with van der Waals surface area (Å²) in [4.78, 5) is 32.4. The number of nitrogens with zero attached hydrogens (tertiary/aromatic N) is 2. The van der Waals surface area contributed by atoms with E-state index in [1.54, 1.807) is 5.56 Å². The van der Waals surface area contributed by atoms with Crippen LogP contribution in [0.15, 0.2) is 54.6 Å². The fraction of sp³-hybridized carbons (Fsp3) is 0.696. The largest absolute Gasteiger partial charge is 0.352 e. The van der Waals surface area contributed by atoms with Crippen molar-refractivity contribution >= 4 is 11.8 Å². The Bertz CT molecular complexity index is 1630. The van der Waals surface area contributed by atoms with Crippen molar-refractivity contribution in [2.75, 3.05) is 40.3 Å². The van der Waals surface area contributed by atoms with E-state index in [0.717, 1.165) is 83.5 Å². The summed E-state index contributed by atoms with van der Waals surface area (Å²) < 4.78 is 0. The molecule has 0 aromatic heterocycles. The summed E-state index contributed by atoms with van der Waals surface area (Å²) in [6, 6.07) is 22.0. The lowest BCUT2D eigenvalue weighted by atomic mass is 9.37. The zero-order chi connectivity index (χ0) is 35.6. The molecule has 7 unspecified atom stereocenters. The first-order valence-corrected chi connectivity index (χ1v) is 21.3. The third kappa shape index (κ3) is 6.46. The van der Waals surface area contributed by atoms with Crippen LogP contribution in [0.2, 0.25) is 0 Å². The van der Waals surface area contributed by atoms with Crippen LogP contribution in [0.4, 0.5) is 0 Å². The lowest BCUT2D eigenvalue weighted by Crippen LogP contribution is -2.65. The summed E-state index contributed by atoms with van der Waals surface area (Å²) in [6.07, 6.45) is 19.5. The number of likely N-dealkylation sites (N-methyl/N-ethyl adjacent to an activating group) is 2. The van der Waals surface area contributed by atoms with Gasteiger partial charge in [-0.2, -0.15) is 0 Å². The fourth-order valence-electron chi connectivity index (χ4n) is 14.2. The maximum absolute atomic E-state index is 14.7. The molecule has 280 valence electrons. The number of hydrogen-bond acceptors (Lipinski definition) is 4. The highest BCUT2D eigenvalue weighted by molar-refractivity contribution is 5.84. The van der Waals surface area contributed by atoms with E-state index in [0.29, 0.717) is 30.2 Å². The average Bonchev–Trinajstić information content (AvgIpc) is 3.54. The molecular weight excluding hydrogens is 641 g/mol. The van der Waals surface area contributed by atoms with E-state index in [9.17, 15) is 9.59 Å². The van der Waals surface area contributed by atoms with Gasteiger partial charge >= 0.3 is 0 Å². The summed E-state index contributed by atoms with van der Waals surface area (Å²) in [5.74, 6) is 2.61. The Morgan fingerprint density at radius 1 is 0.673 bits per heavy atom.